The first kappa shape index (κ1) is 13.8. The number of hydrogen-bond acceptors (Lipinski definition) is 2. The van der Waals surface area contributed by atoms with Gasteiger partial charge in [-0.15, -0.1) is 0 Å². The van der Waals surface area contributed by atoms with Crippen LogP contribution in [0.5, 0.6) is 0 Å². The molecule has 0 aliphatic carbocycles. The van der Waals surface area contributed by atoms with Crippen molar-refractivity contribution in [2.45, 2.75) is 13.0 Å². The normalized spacial score (nSPS) is 11.7. The lowest BCUT2D eigenvalue weighted by molar-refractivity contribution is -0.138. The second kappa shape index (κ2) is 5.88. The lowest BCUT2D eigenvalue weighted by atomic mass is 10.3. The third-order valence-electron chi connectivity index (χ3n) is 1.90. The Labute approximate surface area is 111 Å². The molecule has 2 amide bonds. The molecule has 5 nitrogen and oxygen atoms in total. The lowest BCUT2D eigenvalue weighted by Gasteiger charge is -2.11. The fraction of sp³-hybridized carbons (Fsp3) is 0.200. The molecule has 0 spiro atoms. The first-order chi connectivity index (χ1) is 7.90. The summed E-state index contributed by atoms with van der Waals surface area (Å²) in [5, 5.41) is 13.9. The number of carboxylic acid groups (broad SMARTS) is 1. The van der Waals surface area contributed by atoms with Crippen LogP contribution in [-0.2, 0) is 4.79 Å². The predicted octanol–water partition coefficient (Wildman–Crippen LogP) is 2.70. The Morgan fingerprint density at radius 3 is 2.65 bits per heavy atom. The highest BCUT2D eigenvalue weighted by molar-refractivity contribution is 9.10. The van der Waals surface area contributed by atoms with E-state index in [4.69, 9.17) is 16.7 Å². The van der Waals surface area contributed by atoms with Gasteiger partial charge in [0.25, 0.3) is 0 Å². The third kappa shape index (κ3) is 4.24. The van der Waals surface area contributed by atoms with Crippen LogP contribution in [0.25, 0.3) is 0 Å². The Morgan fingerprint density at radius 1 is 1.47 bits per heavy atom. The summed E-state index contributed by atoms with van der Waals surface area (Å²) in [4.78, 5) is 22.0. The molecule has 0 aliphatic rings. The number of aliphatic carboxylic acids is 1. The van der Waals surface area contributed by atoms with Crippen LogP contribution in [0.2, 0.25) is 5.02 Å². The third-order valence-corrected chi connectivity index (χ3v) is 2.79. The molecule has 0 saturated carbocycles. The minimum atomic E-state index is -1.10. The quantitative estimate of drug-likeness (QED) is 0.801. The van der Waals surface area contributed by atoms with E-state index in [2.05, 4.69) is 26.6 Å². The van der Waals surface area contributed by atoms with Crippen LogP contribution in [0.4, 0.5) is 10.5 Å². The van der Waals surface area contributed by atoms with Gasteiger partial charge in [-0.1, -0.05) is 11.6 Å². The van der Waals surface area contributed by atoms with Gasteiger partial charge in [-0.3, -0.25) is 4.79 Å². The van der Waals surface area contributed by atoms with E-state index in [1.54, 1.807) is 18.2 Å². The van der Waals surface area contributed by atoms with Gasteiger partial charge in [-0.2, -0.15) is 0 Å². The van der Waals surface area contributed by atoms with Gasteiger partial charge in [0.05, 0.1) is 5.69 Å². The summed E-state index contributed by atoms with van der Waals surface area (Å²) in [5.41, 5.74) is 0.504. The molecule has 1 atom stereocenters. The minimum absolute atomic E-state index is 0.504. The van der Waals surface area contributed by atoms with Crippen LogP contribution in [0.1, 0.15) is 6.92 Å². The second-order valence-corrected chi connectivity index (χ2v) is 4.57. The van der Waals surface area contributed by atoms with Gasteiger partial charge in [0.2, 0.25) is 0 Å². The van der Waals surface area contributed by atoms with Crippen molar-refractivity contribution < 1.29 is 14.7 Å². The zero-order chi connectivity index (χ0) is 13.0. The van der Waals surface area contributed by atoms with Gasteiger partial charge in [-0.25, -0.2) is 4.79 Å². The molecule has 3 N–H and O–H groups in total. The summed E-state index contributed by atoms with van der Waals surface area (Å²) >= 11 is 8.97. The van der Waals surface area contributed by atoms with Crippen molar-refractivity contribution >= 4 is 45.2 Å². The average molecular weight is 322 g/mol. The molecular weight excluding hydrogens is 311 g/mol. The van der Waals surface area contributed by atoms with Crippen LogP contribution in [-0.4, -0.2) is 23.1 Å². The highest BCUT2D eigenvalue weighted by Gasteiger charge is 2.14. The number of benzene rings is 1. The SMILES string of the molecule is C[C@@H](NC(=O)Nc1ccc(Cl)cc1Br)C(=O)O. The molecule has 0 bridgehead atoms. The monoisotopic (exact) mass is 320 g/mol. The number of anilines is 1. The number of carbonyl (C=O) groups is 2. The van der Waals surface area contributed by atoms with Gasteiger partial charge < -0.3 is 15.7 Å². The Bertz CT molecular complexity index is 453. The summed E-state index contributed by atoms with van der Waals surface area (Å²) in [5.74, 6) is -1.10. The van der Waals surface area contributed by atoms with Crippen molar-refractivity contribution in [3.63, 3.8) is 0 Å². The maximum Gasteiger partial charge on any atom is 0.325 e. The van der Waals surface area contributed by atoms with E-state index < -0.39 is 18.0 Å². The molecule has 1 aromatic rings. The van der Waals surface area contributed by atoms with E-state index in [0.29, 0.717) is 15.2 Å². The lowest BCUT2D eigenvalue weighted by Crippen LogP contribution is -2.40. The molecule has 7 heteroatoms. The first-order valence-electron chi connectivity index (χ1n) is 4.65. The Balaban J connectivity index is 2.65. The molecular formula is C10H10BrClN2O3. The van der Waals surface area contributed by atoms with Crippen molar-refractivity contribution in [3.8, 4) is 0 Å². The molecule has 92 valence electrons. The summed E-state index contributed by atoms with van der Waals surface area (Å²) < 4.78 is 0.614. The van der Waals surface area contributed by atoms with Crippen molar-refractivity contribution in [1.29, 1.82) is 0 Å². The van der Waals surface area contributed by atoms with Crippen molar-refractivity contribution in [2.24, 2.45) is 0 Å². The number of rotatable bonds is 3. The number of nitrogens with one attached hydrogen (secondary N) is 2. The van der Waals surface area contributed by atoms with Gasteiger partial charge in [0.1, 0.15) is 6.04 Å². The maximum atomic E-state index is 11.4. The molecule has 0 saturated heterocycles. The van der Waals surface area contributed by atoms with Gasteiger partial charge in [-0.05, 0) is 41.1 Å². The van der Waals surface area contributed by atoms with Crippen molar-refractivity contribution in [3.05, 3.63) is 27.7 Å². The molecule has 1 aromatic carbocycles. The zero-order valence-electron chi connectivity index (χ0n) is 8.83. The summed E-state index contributed by atoms with van der Waals surface area (Å²) in [6, 6.07) is 3.29. The van der Waals surface area contributed by atoms with Crippen LogP contribution >= 0.6 is 27.5 Å². The zero-order valence-corrected chi connectivity index (χ0v) is 11.2. The Morgan fingerprint density at radius 2 is 2.12 bits per heavy atom. The number of carboxylic acids is 1. The second-order valence-electron chi connectivity index (χ2n) is 3.28. The molecule has 0 fully saturated rings. The summed E-state index contributed by atoms with van der Waals surface area (Å²) in [6.07, 6.45) is 0. The first-order valence-corrected chi connectivity index (χ1v) is 5.82. The van der Waals surface area contributed by atoms with E-state index in [1.807, 2.05) is 0 Å². The number of halogens is 2. The van der Waals surface area contributed by atoms with Crippen LogP contribution in [0, 0.1) is 0 Å². The molecule has 1 rings (SSSR count). The number of hydrogen-bond donors (Lipinski definition) is 3. The molecule has 0 aromatic heterocycles. The van der Waals surface area contributed by atoms with Crippen LogP contribution in [0.3, 0.4) is 0 Å². The fourth-order valence-electron chi connectivity index (χ4n) is 1.01. The van der Waals surface area contributed by atoms with Crippen molar-refractivity contribution in [1.82, 2.24) is 5.32 Å². The predicted molar refractivity (Wildman–Crippen MR) is 68.4 cm³/mol. The highest BCUT2D eigenvalue weighted by Crippen LogP contribution is 2.25. The highest BCUT2D eigenvalue weighted by atomic mass is 79.9. The molecule has 0 radical (unpaired) electrons. The fourth-order valence-corrected chi connectivity index (χ4v) is 1.79. The molecule has 0 unspecified atom stereocenters. The van der Waals surface area contributed by atoms with E-state index in [0.717, 1.165) is 0 Å². The van der Waals surface area contributed by atoms with E-state index in [-0.39, 0.29) is 0 Å². The molecule has 0 heterocycles. The van der Waals surface area contributed by atoms with Gasteiger partial charge >= 0.3 is 12.0 Å². The Hall–Kier alpha value is -1.27. The molecule has 0 aliphatic heterocycles. The molecule has 17 heavy (non-hydrogen) atoms. The van der Waals surface area contributed by atoms with Crippen molar-refractivity contribution in [2.75, 3.05) is 5.32 Å². The smallest absolute Gasteiger partial charge is 0.325 e. The van der Waals surface area contributed by atoms with E-state index in [9.17, 15) is 9.59 Å². The topological polar surface area (TPSA) is 78.4 Å². The number of carbonyl (C=O) groups excluding carboxylic acids is 1. The standard InChI is InChI=1S/C10H10BrClN2O3/c1-5(9(15)16)13-10(17)14-8-3-2-6(12)4-7(8)11/h2-5H,1H3,(H,15,16)(H2,13,14,17)/t5-/m1/s1. The number of amides is 2. The van der Waals surface area contributed by atoms with E-state index in [1.165, 1.54) is 6.92 Å². The number of urea groups is 1. The van der Waals surface area contributed by atoms with Crippen LogP contribution in [0.15, 0.2) is 22.7 Å². The summed E-state index contributed by atoms with van der Waals surface area (Å²) in [7, 11) is 0. The minimum Gasteiger partial charge on any atom is -0.480 e. The van der Waals surface area contributed by atoms with E-state index >= 15 is 0 Å². The largest absolute Gasteiger partial charge is 0.480 e. The summed E-state index contributed by atoms with van der Waals surface area (Å²) in [6.45, 7) is 1.37. The van der Waals surface area contributed by atoms with Crippen LogP contribution < -0.4 is 10.6 Å². The average Bonchev–Trinajstić information content (AvgIpc) is 2.22. The van der Waals surface area contributed by atoms with Gasteiger partial charge in [0.15, 0.2) is 0 Å². The Kier molecular flexibility index (Phi) is 4.77. The maximum absolute atomic E-state index is 11.4. The van der Waals surface area contributed by atoms with Gasteiger partial charge in [0, 0.05) is 9.50 Å².